The first-order chi connectivity index (χ1) is 9.42. The predicted molar refractivity (Wildman–Crippen MR) is 80.0 cm³/mol. The summed E-state index contributed by atoms with van der Waals surface area (Å²) < 4.78 is 0. The standard InChI is InChI=1S/C15H29N3O2/c1-11(2)7-13(9-16)8-14(19)17-12(3)10-18-6-4-5-15(18)20/h11-13H,4-10,16H2,1-3H3,(H,17,19). The summed E-state index contributed by atoms with van der Waals surface area (Å²) in [6.07, 6.45) is 3.03. The highest BCUT2D eigenvalue weighted by Crippen LogP contribution is 2.14. The highest BCUT2D eigenvalue weighted by atomic mass is 16.2. The van der Waals surface area contributed by atoms with Crippen molar-refractivity contribution in [2.75, 3.05) is 19.6 Å². The first-order valence-electron chi connectivity index (χ1n) is 7.69. The van der Waals surface area contributed by atoms with E-state index in [4.69, 9.17) is 5.73 Å². The molecule has 20 heavy (non-hydrogen) atoms. The van der Waals surface area contributed by atoms with E-state index in [9.17, 15) is 9.59 Å². The Morgan fingerprint density at radius 2 is 2.10 bits per heavy atom. The molecule has 1 fully saturated rings. The molecule has 0 saturated carbocycles. The molecule has 0 aromatic heterocycles. The smallest absolute Gasteiger partial charge is 0.222 e. The Bertz CT molecular complexity index is 331. The topological polar surface area (TPSA) is 75.4 Å². The molecular weight excluding hydrogens is 254 g/mol. The minimum atomic E-state index is 0.00187. The fourth-order valence-electron chi connectivity index (χ4n) is 2.80. The molecule has 2 atom stereocenters. The fourth-order valence-corrected chi connectivity index (χ4v) is 2.80. The second-order valence-electron chi connectivity index (χ2n) is 6.35. The van der Waals surface area contributed by atoms with E-state index in [1.807, 2.05) is 11.8 Å². The number of amides is 2. The molecule has 0 spiro atoms. The van der Waals surface area contributed by atoms with E-state index < -0.39 is 0 Å². The summed E-state index contributed by atoms with van der Waals surface area (Å²) in [6, 6.07) is 0.00187. The van der Waals surface area contributed by atoms with Crippen molar-refractivity contribution in [3.8, 4) is 0 Å². The van der Waals surface area contributed by atoms with Crippen molar-refractivity contribution < 1.29 is 9.59 Å². The molecule has 3 N–H and O–H groups in total. The van der Waals surface area contributed by atoms with E-state index in [-0.39, 0.29) is 23.8 Å². The van der Waals surface area contributed by atoms with Gasteiger partial charge in [-0.2, -0.15) is 0 Å². The SMILES string of the molecule is CC(C)CC(CN)CC(=O)NC(C)CN1CCCC1=O. The maximum Gasteiger partial charge on any atom is 0.222 e. The number of nitrogens with two attached hydrogens (primary N) is 1. The van der Waals surface area contributed by atoms with Gasteiger partial charge in [0.05, 0.1) is 0 Å². The molecule has 0 aromatic carbocycles. The molecule has 1 aliphatic heterocycles. The average Bonchev–Trinajstić information content (AvgIpc) is 2.73. The van der Waals surface area contributed by atoms with Crippen molar-refractivity contribution in [2.24, 2.45) is 17.6 Å². The second-order valence-corrected chi connectivity index (χ2v) is 6.35. The summed E-state index contributed by atoms with van der Waals surface area (Å²) in [4.78, 5) is 25.4. The summed E-state index contributed by atoms with van der Waals surface area (Å²) >= 11 is 0. The van der Waals surface area contributed by atoms with Crippen LogP contribution < -0.4 is 11.1 Å². The summed E-state index contributed by atoms with van der Waals surface area (Å²) in [5, 5.41) is 2.98. The van der Waals surface area contributed by atoms with Gasteiger partial charge >= 0.3 is 0 Å². The van der Waals surface area contributed by atoms with Crippen LogP contribution in [0.2, 0.25) is 0 Å². The number of carbonyl (C=O) groups is 2. The van der Waals surface area contributed by atoms with Crippen LogP contribution in [0.25, 0.3) is 0 Å². The minimum absolute atomic E-state index is 0.00187. The van der Waals surface area contributed by atoms with Crippen LogP contribution in [0.5, 0.6) is 0 Å². The van der Waals surface area contributed by atoms with Gasteiger partial charge in [0.25, 0.3) is 0 Å². The molecule has 0 bridgehead atoms. The van der Waals surface area contributed by atoms with Gasteiger partial charge in [0.2, 0.25) is 11.8 Å². The van der Waals surface area contributed by atoms with Crippen LogP contribution in [0.15, 0.2) is 0 Å². The van der Waals surface area contributed by atoms with Gasteiger partial charge in [-0.25, -0.2) is 0 Å². The first kappa shape index (κ1) is 17.0. The first-order valence-corrected chi connectivity index (χ1v) is 7.69. The molecule has 5 nitrogen and oxygen atoms in total. The molecule has 5 heteroatoms. The number of nitrogens with one attached hydrogen (secondary N) is 1. The zero-order chi connectivity index (χ0) is 15.1. The van der Waals surface area contributed by atoms with Gasteiger partial charge in [-0.15, -0.1) is 0 Å². The monoisotopic (exact) mass is 283 g/mol. The summed E-state index contributed by atoms with van der Waals surface area (Å²) in [7, 11) is 0. The molecule has 2 amide bonds. The lowest BCUT2D eigenvalue weighted by molar-refractivity contribution is -0.129. The largest absolute Gasteiger partial charge is 0.352 e. The number of nitrogens with zero attached hydrogens (tertiary/aromatic N) is 1. The Balaban J connectivity index is 2.31. The number of rotatable bonds is 8. The highest BCUT2D eigenvalue weighted by Gasteiger charge is 2.23. The van der Waals surface area contributed by atoms with E-state index >= 15 is 0 Å². The maximum absolute atomic E-state index is 12.0. The number of carbonyl (C=O) groups excluding carboxylic acids is 2. The van der Waals surface area contributed by atoms with Gasteiger partial charge in [0.15, 0.2) is 0 Å². The van der Waals surface area contributed by atoms with Crippen molar-refractivity contribution in [3.05, 3.63) is 0 Å². The van der Waals surface area contributed by atoms with E-state index in [1.165, 1.54) is 0 Å². The van der Waals surface area contributed by atoms with Crippen LogP contribution in [-0.2, 0) is 9.59 Å². The molecule has 0 radical (unpaired) electrons. The lowest BCUT2D eigenvalue weighted by Gasteiger charge is -2.23. The predicted octanol–water partition coefficient (Wildman–Crippen LogP) is 1.12. The Labute approximate surface area is 122 Å². The van der Waals surface area contributed by atoms with Crippen LogP contribution in [0.3, 0.4) is 0 Å². The molecule has 1 rings (SSSR count). The highest BCUT2D eigenvalue weighted by molar-refractivity contribution is 5.78. The van der Waals surface area contributed by atoms with Gasteiger partial charge in [0, 0.05) is 32.0 Å². The van der Waals surface area contributed by atoms with Crippen molar-refractivity contribution >= 4 is 11.8 Å². The molecule has 2 unspecified atom stereocenters. The number of likely N-dealkylation sites (tertiary alicyclic amines) is 1. The zero-order valence-corrected chi connectivity index (χ0v) is 13.0. The molecule has 1 saturated heterocycles. The van der Waals surface area contributed by atoms with E-state index in [2.05, 4.69) is 19.2 Å². The molecule has 1 heterocycles. The molecule has 116 valence electrons. The van der Waals surface area contributed by atoms with Gasteiger partial charge in [-0.1, -0.05) is 13.8 Å². The van der Waals surface area contributed by atoms with Gasteiger partial charge in [-0.05, 0) is 38.1 Å². The Morgan fingerprint density at radius 3 is 2.60 bits per heavy atom. The van der Waals surface area contributed by atoms with Crippen molar-refractivity contribution in [3.63, 3.8) is 0 Å². The lowest BCUT2D eigenvalue weighted by Crippen LogP contribution is -2.43. The fraction of sp³-hybridized carbons (Fsp3) is 0.867. The van der Waals surface area contributed by atoms with Crippen molar-refractivity contribution in [1.29, 1.82) is 0 Å². The molecule has 0 aliphatic carbocycles. The number of hydrogen-bond donors (Lipinski definition) is 2. The molecular formula is C15H29N3O2. The quantitative estimate of drug-likeness (QED) is 0.701. The van der Waals surface area contributed by atoms with E-state index in [0.717, 1.165) is 19.4 Å². The normalized spacial score (nSPS) is 18.4. The van der Waals surface area contributed by atoms with Crippen LogP contribution in [0.4, 0.5) is 0 Å². The molecule has 1 aliphatic rings. The average molecular weight is 283 g/mol. The van der Waals surface area contributed by atoms with E-state index in [0.29, 0.717) is 31.8 Å². The Hall–Kier alpha value is -1.10. The van der Waals surface area contributed by atoms with Crippen molar-refractivity contribution in [2.45, 2.75) is 52.5 Å². The maximum atomic E-state index is 12.0. The third-order valence-electron chi connectivity index (χ3n) is 3.69. The van der Waals surface area contributed by atoms with Crippen LogP contribution in [0, 0.1) is 11.8 Å². The summed E-state index contributed by atoms with van der Waals surface area (Å²) in [5.41, 5.74) is 5.72. The molecule has 0 aromatic rings. The third-order valence-corrected chi connectivity index (χ3v) is 3.69. The summed E-state index contributed by atoms with van der Waals surface area (Å²) in [6.45, 7) is 8.21. The van der Waals surface area contributed by atoms with Crippen LogP contribution in [0.1, 0.15) is 46.5 Å². The zero-order valence-electron chi connectivity index (χ0n) is 13.0. The summed E-state index contributed by atoms with van der Waals surface area (Å²) in [5.74, 6) is 1.04. The van der Waals surface area contributed by atoms with Crippen LogP contribution >= 0.6 is 0 Å². The Kier molecular flexibility index (Phi) is 6.99. The lowest BCUT2D eigenvalue weighted by atomic mass is 9.94. The third kappa shape index (κ3) is 5.90. The van der Waals surface area contributed by atoms with Gasteiger partial charge < -0.3 is 16.0 Å². The van der Waals surface area contributed by atoms with Crippen LogP contribution in [-0.4, -0.2) is 42.4 Å². The van der Waals surface area contributed by atoms with Crippen molar-refractivity contribution in [1.82, 2.24) is 10.2 Å². The van der Waals surface area contributed by atoms with E-state index in [1.54, 1.807) is 0 Å². The van der Waals surface area contributed by atoms with Gasteiger partial charge in [0.1, 0.15) is 0 Å². The second kappa shape index (κ2) is 8.25. The minimum Gasteiger partial charge on any atom is -0.352 e. The number of hydrogen-bond acceptors (Lipinski definition) is 3. The Morgan fingerprint density at radius 1 is 1.40 bits per heavy atom. The van der Waals surface area contributed by atoms with Gasteiger partial charge in [-0.3, -0.25) is 9.59 Å².